The quantitative estimate of drug-likeness (QED) is 0.240. The summed E-state index contributed by atoms with van der Waals surface area (Å²) in [4.78, 5) is 24.6. The molecule has 0 atom stereocenters. The SMILES string of the molecule is CCCCCCOc1ccc(Br)cc1C(=O)NC(=S)Nc1cccc(NC(=O)CCC)c1. The molecule has 0 spiro atoms. The van der Waals surface area contributed by atoms with E-state index in [1.54, 1.807) is 36.4 Å². The number of hydrogen-bond donors (Lipinski definition) is 3. The van der Waals surface area contributed by atoms with Gasteiger partial charge in [-0.25, -0.2) is 0 Å². The summed E-state index contributed by atoms with van der Waals surface area (Å²) in [6, 6.07) is 12.5. The predicted molar refractivity (Wildman–Crippen MR) is 137 cm³/mol. The number of anilines is 2. The van der Waals surface area contributed by atoms with Crippen LogP contribution in [-0.4, -0.2) is 23.5 Å². The lowest BCUT2D eigenvalue weighted by atomic mass is 10.2. The first-order valence-electron chi connectivity index (χ1n) is 10.9. The minimum Gasteiger partial charge on any atom is -0.493 e. The number of halogens is 1. The molecule has 32 heavy (non-hydrogen) atoms. The zero-order valence-electron chi connectivity index (χ0n) is 18.5. The van der Waals surface area contributed by atoms with Crippen LogP contribution in [0.15, 0.2) is 46.9 Å². The third kappa shape index (κ3) is 8.96. The van der Waals surface area contributed by atoms with Crippen LogP contribution in [0.3, 0.4) is 0 Å². The van der Waals surface area contributed by atoms with Gasteiger partial charge in [0, 0.05) is 22.3 Å². The highest BCUT2D eigenvalue weighted by molar-refractivity contribution is 9.10. The molecule has 2 amide bonds. The van der Waals surface area contributed by atoms with Gasteiger partial charge in [0.05, 0.1) is 12.2 Å². The maximum absolute atomic E-state index is 12.8. The number of rotatable bonds is 11. The summed E-state index contributed by atoms with van der Waals surface area (Å²) in [6.07, 6.45) is 5.60. The number of nitrogens with one attached hydrogen (secondary N) is 3. The van der Waals surface area contributed by atoms with Gasteiger partial charge in [0.1, 0.15) is 5.75 Å². The van der Waals surface area contributed by atoms with Crippen molar-refractivity contribution < 1.29 is 14.3 Å². The topological polar surface area (TPSA) is 79.5 Å². The highest BCUT2D eigenvalue weighted by Crippen LogP contribution is 2.24. The summed E-state index contributed by atoms with van der Waals surface area (Å²) in [5.74, 6) is 0.114. The monoisotopic (exact) mass is 519 g/mol. The minimum atomic E-state index is -0.361. The maximum Gasteiger partial charge on any atom is 0.261 e. The molecule has 0 saturated carbocycles. The van der Waals surface area contributed by atoms with Crippen molar-refractivity contribution in [1.29, 1.82) is 0 Å². The van der Waals surface area contributed by atoms with Crippen LogP contribution in [0.1, 0.15) is 62.7 Å². The molecule has 0 fully saturated rings. The number of amides is 2. The minimum absolute atomic E-state index is 0.0441. The van der Waals surface area contributed by atoms with Crippen molar-refractivity contribution in [2.24, 2.45) is 0 Å². The Labute approximate surface area is 203 Å². The second kappa shape index (κ2) is 13.9. The van der Waals surface area contributed by atoms with Gasteiger partial charge in [-0.3, -0.25) is 14.9 Å². The van der Waals surface area contributed by atoms with E-state index in [4.69, 9.17) is 17.0 Å². The first-order chi connectivity index (χ1) is 15.4. The second-order valence-electron chi connectivity index (χ2n) is 7.34. The molecule has 0 aliphatic heterocycles. The Kier molecular flexibility index (Phi) is 11.2. The van der Waals surface area contributed by atoms with Crippen molar-refractivity contribution in [1.82, 2.24) is 5.32 Å². The number of carbonyl (C=O) groups excluding carboxylic acids is 2. The molecule has 0 radical (unpaired) electrons. The molecule has 2 aromatic carbocycles. The number of hydrogen-bond acceptors (Lipinski definition) is 4. The molecule has 0 bridgehead atoms. The fourth-order valence-electron chi connectivity index (χ4n) is 2.97. The van der Waals surface area contributed by atoms with Crippen LogP contribution >= 0.6 is 28.1 Å². The number of unbranched alkanes of at least 4 members (excludes halogenated alkanes) is 3. The van der Waals surface area contributed by atoms with E-state index in [-0.39, 0.29) is 16.9 Å². The molecule has 2 rings (SSSR count). The third-order valence-corrected chi connectivity index (χ3v) is 5.25. The Morgan fingerprint density at radius 1 is 0.969 bits per heavy atom. The van der Waals surface area contributed by atoms with Gasteiger partial charge in [-0.05, 0) is 61.5 Å². The lowest BCUT2D eigenvalue weighted by Crippen LogP contribution is -2.34. The smallest absolute Gasteiger partial charge is 0.261 e. The lowest BCUT2D eigenvalue weighted by Gasteiger charge is -2.14. The number of ether oxygens (including phenoxy) is 1. The van der Waals surface area contributed by atoms with E-state index in [0.29, 0.717) is 35.7 Å². The Balaban J connectivity index is 1.98. The Morgan fingerprint density at radius 3 is 2.44 bits per heavy atom. The number of benzene rings is 2. The zero-order valence-corrected chi connectivity index (χ0v) is 20.9. The predicted octanol–water partition coefficient (Wildman–Crippen LogP) is 6.27. The summed E-state index contributed by atoms with van der Waals surface area (Å²) in [7, 11) is 0. The standard InChI is InChI=1S/C24H30BrN3O3S/c1-3-5-6-7-14-31-21-13-12-17(25)15-20(21)23(30)28-24(32)27-19-11-8-10-18(16-19)26-22(29)9-4-2/h8,10-13,15-16H,3-7,9,14H2,1-2H3,(H,26,29)(H2,27,28,30,32). The van der Waals surface area contributed by atoms with Gasteiger partial charge in [-0.1, -0.05) is 55.1 Å². The van der Waals surface area contributed by atoms with Crippen LogP contribution in [0, 0.1) is 0 Å². The van der Waals surface area contributed by atoms with E-state index in [2.05, 4.69) is 38.8 Å². The highest BCUT2D eigenvalue weighted by atomic mass is 79.9. The molecule has 2 aromatic rings. The van der Waals surface area contributed by atoms with E-state index in [1.807, 2.05) is 13.0 Å². The average Bonchev–Trinajstić information content (AvgIpc) is 2.74. The molecular formula is C24H30BrN3O3S. The third-order valence-electron chi connectivity index (χ3n) is 4.55. The van der Waals surface area contributed by atoms with E-state index in [1.165, 1.54) is 6.42 Å². The van der Waals surface area contributed by atoms with Crippen LogP contribution in [0.5, 0.6) is 5.75 Å². The second-order valence-corrected chi connectivity index (χ2v) is 8.66. The molecule has 0 aliphatic carbocycles. The van der Waals surface area contributed by atoms with Crippen molar-refractivity contribution in [2.75, 3.05) is 17.2 Å². The first kappa shape index (κ1) is 25.8. The summed E-state index contributed by atoms with van der Waals surface area (Å²) in [5, 5.41) is 8.67. The van der Waals surface area contributed by atoms with Crippen LogP contribution in [-0.2, 0) is 4.79 Å². The van der Waals surface area contributed by atoms with E-state index in [0.717, 1.165) is 30.2 Å². The zero-order chi connectivity index (χ0) is 23.3. The first-order valence-corrected chi connectivity index (χ1v) is 12.1. The molecular weight excluding hydrogens is 490 g/mol. The van der Waals surface area contributed by atoms with Crippen molar-refractivity contribution in [3.8, 4) is 5.75 Å². The fraction of sp³-hybridized carbons (Fsp3) is 0.375. The maximum atomic E-state index is 12.8. The van der Waals surface area contributed by atoms with Gasteiger partial charge in [0.2, 0.25) is 5.91 Å². The largest absolute Gasteiger partial charge is 0.493 e. The van der Waals surface area contributed by atoms with Crippen LogP contribution in [0.2, 0.25) is 0 Å². The molecule has 0 saturated heterocycles. The Morgan fingerprint density at radius 2 is 1.72 bits per heavy atom. The van der Waals surface area contributed by atoms with Gasteiger partial charge in [0.25, 0.3) is 5.91 Å². The lowest BCUT2D eigenvalue weighted by molar-refractivity contribution is -0.116. The molecule has 6 nitrogen and oxygen atoms in total. The van der Waals surface area contributed by atoms with Gasteiger partial charge < -0.3 is 15.4 Å². The van der Waals surface area contributed by atoms with Gasteiger partial charge in [-0.2, -0.15) is 0 Å². The van der Waals surface area contributed by atoms with Crippen molar-refractivity contribution in [3.63, 3.8) is 0 Å². The van der Waals surface area contributed by atoms with Gasteiger partial charge >= 0.3 is 0 Å². The highest BCUT2D eigenvalue weighted by Gasteiger charge is 2.15. The summed E-state index contributed by atoms with van der Waals surface area (Å²) in [5.41, 5.74) is 1.72. The van der Waals surface area contributed by atoms with Gasteiger partial charge in [0.15, 0.2) is 5.11 Å². The van der Waals surface area contributed by atoms with Crippen molar-refractivity contribution in [3.05, 3.63) is 52.5 Å². The van der Waals surface area contributed by atoms with Crippen molar-refractivity contribution >= 4 is 56.4 Å². The van der Waals surface area contributed by atoms with Crippen LogP contribution in [0.4, 0.5) is 11.4 Å². The Hall–Kier alpha value is -2.45. The number of carbonyl (C=O) groups is 2. The molecule has 0 aromatic heterocycles. The molecule has 0 aliphatic rings. The average molecular weight is 520 g/mol. The summed E-state index contributed by atoms with van der Waals surface area (Å²) < 4.78 is 6.62. The van der Waals surface area contributed by atoms with Crippen LogP contribution in [0.25, 0.3) is 0 Å². The van der Waals surface area contributed by atoms with Crippen molar-refractivity contribution in [2.45, 2.75) is 52.4 Å². The van der Waals surface area contributed by atoms with Gasteiger partial charge in [-0.15, -0.1) is 0 Å². The van der Waals surface area contributed by atoms with Crippen LogP contribution < -0.4 is 20.7 Å². The summed E-state index contributed by atoms with van der Waals surface area (Å²) in [6.45, 7) is 4.67. The van der Waals surface area contributed by atoms with E-state index >= 15 is 0 Å². The summed E-state index contributed by atoms with van der Waals surface area (Å²) >= 11 is 8.72. The molecule has 3 N–H and O–H groups in total. The normalized spacial score (nSPS) is 10.3. The fourth-order valence-corrected chi connectivity index (χ4v) is 3.55. The Bertz CT molecular complexity index is 936. The van der Waals surface area contributed by atoms with E-state index in [9.17, 15) is 9.59 Å². The molecule has 0 heterocycles. The molecule has 0 unspecified atom stereocenters. The molecule has 8 heteroatoms. The van der Waals surface area contributed by atoms with E-state index < -0.39 is 0 Å². The molecule has 172 valence electrons. The number of thiocarbonyl (C=S) groups is 1.